The molecule has 4 heteroatoms. The quantitative estimate of drug-likeness (QED) is 0.899. The minimum Gasteiger partial charge on any atom is -0.444 e. The predicted octanol–water partition coefficient (Wildman–Crippen LogP) is 3.12. The van der Waals surface area contributed by atoms with Crippen molar-refractivity contribution in [2.75, 3.05) is 6.61 Å². The molecule has 110 valence electrons. The average molecular weight is 277 g/mol. The molecule has 0 aromatic heterocycles. The van der Waals surface area contributed by atoms with Crippen LogP contribution in [0.3, 0.4) is 0 Å². The fourth-order valence-electron chi connectivity index (χ4n) is 1.97. The fourth-order valence-corrected chi connectivity index (χ4v) is 1.97. The molecule has 1 aromatic rings. The molecule has 1 amide bonds. The van der Waals surface area contributed by atoms with Crippen molar-refractivity contribution in [2.24, 2.45) is 5.92 Å². The summed E-state index contributed by atoms with van der Waals surface area (Å²) in [4.78, 5) is 11.6. The van der Waals surface area contributed by atoms with Gasteiger partial charge in [0, 0.05) is 12.0 Å². The molecule has 2 atom stereocenters. The second-order valence-corrected chi connectivity index (χ2v) is 6.25. The van der Waals surface area contributed by atoms with Gasteiger partial charge in [0.15, 0.2) is 0 Å². The summed E-state index contributed by atoms with van der Waals surface area (Å²) in [6, 6.07) is 10.3. The standard InChI is InChI=1S/C16H23NO3/c1-16(2,3)20-15(18)17-14-9-13(14)11-19-10-12-7-5-4-6-8-12/h4-8,13-14H,9-11H2,1-3H3,(H,17,18). The van der Waals surface area contributed by atoms with Gasteiger partial charge < -0.3 is 14.8 Å². The molecule has 1 aromatic carbocycles. The molecule has 0 bridgehead atoms. The summed E-state index contributed by atoms with van der Waals surface area (Å²) in [6.07, 6.45) is 0.627. The van der Waals surface area contributed by atoms with Crippen molar-refractivity contribution in [3.05, 3.63) is 35.9 Å². The van der Waals surface area contributed by atoms with Crippen molar-refractivity contribution in [1.29, 1.82) is 0 Å². The van der Waals surface area contributed by atoms with E-state index in [0.29, 0.717) is 19.1 Å². The molecule has 0 heterocycles. The Hall–Kier alpha value is -1.55. The first-order valence-corrected chi connectivity index (χ1v) is 7.05. The van der Waals surface area contributed by atoms with Gasteiger partial charge in [0.2, 0.25) is 0 Å². The Balaban J connectivity index is 1.60. The lowest BCUT2D eigenvalue weighted by Gasteiger charge is -2.19. The maximum Gasteiger partial charge on any atom is 0.407 e. The number of carbonyl (C=O) groups is 1. The highest BCUT2D eigenvalue weighted by Gasteiger charge is 2.39. The topological polar surface area (TPSA) is 47.6 Å². The molecule has 4 nitrogen and oxygen atoms in total. The highest BCUT2D eigenvalue weighted by atomic mass is 16.6. The van der Waals surface area contributed by atoms with E-state index in [1.165, 1.54) is 5.56 Å². The summed E-state index contributed by atoms with van der Waals surface area (Å²) in [5, 5.41) is 2.87. The SMILES string of the molecule is CC(C)(C)OC(=O)NC1CC1COCc1ccccc1. The molecule has 2 rings (SSSR count). The zero-order valence-electron chi connectivity index (χ0n) is 12.4. The lowest BCUT2D eigenvalue weighted by Crippen LogP contribution is -2.34. The number of hydrogen-bond acceptors (Lipinski definition) is 3. The Labute approximate surface area is 120 Å². The second kappa shape index (κ2) is 6.27. The van der Waals surface area contributed by atoms with Crippen LogP contribution >= 0.6 is 0 Å². The second-order valence-electron chi connectivity index (χ2n) is 6.25. The third kappa shape index (κ3) is 5.21. The maximum absolute atomic E-state index is 11.6. The van der Waals surface area contributed by atoms with Gasteiger partial charge in [-0.05, 0) is 32.8 Å². The minimum atomic E-state index is -0.446. The molecule has 0 spiro atoms. The van der Waals surface area contributed by atoms with Gasteiger partial charge in [-0.25, -0.2) is 4.79 Å². The molecule has 1 aliphatic carbocycles. The van der Waals surface area contributed by atoms with Crippen LogP contribution in [0.2, 0.25) is 0 Å². The molecule has 1 aliphatic rings. The van der Waals surface area contributed by atoms with Crippen molar-refractivity contribution >= 4 is 6.09 Å². The van der Waals surface area contributed by atoms with Crippen LogP contribution in [0, 0.1) is 5.92 Å². The molecule has 1 fully saturated rings. The number of alkyl carbamates (subject to hydrolysis) is 1. The number of rotatable bonds is 5. The summed E-state index contributed by atoms with van der Waals surface area (Å²) in [6.45, 7) is 6.88. The number of benzene rings is 1. The van der Waals surface area contributed by atoms with E-state index in [9.17, 15) is 4.79 Å². The van der Waals surface area contributed by atoms with Crippen molar-refractivity contribution in [1.82, 2.24) is 5.32 Å². The molecular formula is C16H23NO3. The van der Waals surface area contributed by atoms with Crippen LogP contribution in [-0.4, -0.2) is 24.3 Å². The van der Waals surface area contributed by atoms with E-state index < -0.39 is 5.60 Å². The van der Waals surface area contributed by atoms with Gasteiger partial charge in [0.25, 0.3) is 0 Å². The van der Waals surface area contributed by atoms with Crippen LogP contribution in [0.5, 0.6) is 0 Å². The van der Waals surface area contributed by atoms with Gasteiger partial charge in [0.1, 0.15) is 5.60 Å². The number of ether oxygens (including phenoxy) is 2. The molecule has 2 unspecified atom stereocenters. The van der Waals surface area contributed by atoms with E-state index in [4.69, 9.17) is 9.47 Å². The van der Waals surface area contributed by atoms with Crippen LogP contribution in [0.1, 0.15) is 32.8 Å². The van der Waals surface area contributed by atoms with Crippen LogP contribution < -0.4 is 5.32 Å². The van der Waals surface area contributed by atoms with E-state index in [1.807, 2.05) is 51.1 Å². The summed E-state index contributed by atoms with van der Waals surface area (Å²) < 4.78 is 10.9. The molecule has 0 saturated heterocycles. The molecule has 1 saturated carbocycles. The third-order valence-corrected chi connectivity index (χ3v) is 3.07. The lowest BCUT2D eigenvalue weighted by molar-refractivity contribution is 0.0513. The molecule has 0 aliphatic heterocycles. The Kier molecular flexibility index (Phi) is 4.65. The largest absolute Gasteiger partial charge is 0.444 e. The van der Waals surface area contributed by atoms with Crippen molar-refractivity contribution in [3.8, 4) is 0 Å². The monoisotopic (exact) mass is 277 g/mol. The zero-order chi connectivity index (χ0) is 14.6. The molecule has 20 heavy (non-hydrogen) atoms. The van der Waals surface area contributed by atoms with Gasteiger partial charge in [-0.15, -0.1) is 0 Å². The molecular weight excluding hydrogens is 254 g/mol. The highest BCUT2D eigenvalue weighted by Crippen LogP contribution is 2.31. The van der Waals surface area contributed by atoms with Crippen molar-refractivity contribution in [2.45, 2.75) is 45.4 Å². The summed E-state index contributed by atoms with van der Waals surface area (Å²) >= 11 is 0. The van der Waals surface area contributed by atoms with Crippen LogP contribution in [0.4, 0.5) is 4.79 Å². The van der Waals surface area contributed by atoms with E-state index in [1.54, 1.807) is 0 Å². The number of hydrogen-bond donors (Lipinski definition) is 1. The smallest absolute Gasteiger partial charge is 0.407 e. The lowest BCUT2D eigenvalue weighted by atomic mass is 10.2. The van der Waals surface area contributed by atoms with Crippen LogP contribution in [0.15, 0.2) is 30.3 Å². The first-order valence-electron chi connectivity index (χ1n) is 7.05. The highest BCUT2D eigenvalue weighted by molar-refractivity contribution is 5.68. The number of nitrogens with one attached hydrogen (secondary N) is 1. The summed E-state index contributed by atoms with van der Waals surface area (Å²) in [5.41, 5.74) is 0.725. The van der Waals surface area contributed by atoms with Crippen LogP contribution in [0.25, 0.3) is 0 Å². The summed E-state index contributed by atoms with van der Waals surface area (Å²) in [5.74, 6) is 0.409. The average Bonchev–Trinajstić information content (AvgIpc) is 3.06. The fraction of sp³-hybridized carbons (Fsp3) is 0.562. The maximum atomic E-state index is 11.6. The van der Waals surface area contributed by atoms with Crippen LogP contribution in [-0.2, 0) is 16.1 Å². The van der Waals surface area contributed by atoms with Gasteiger partial charge in [0.05, 0.1) is 13.2 Å². The first-order chi connectivity index (χ1) is 9.44. The number of carbonyl (C=O) groups excluding carboxylic acids is 1. The van der Waals surface area contributed by atoms with Crippen molar-refractivity contribution in [3.63, 3.8) is 0 Å². The Bertz CT molecular complexity index is 439. The third-order valence-electron chi connectivity index (χ3n) is 3.07. The van der Waals surface area contributed by atoms with Gasteiger partial charge in [-0.3, -0.25) is 0 Å². The molecule has 0 radical (unpaired) electrons. The normalized spacial score (nSPS) is 21.4. The Morgan fingerprint density at radius 1 is 1.30 bits per heavy atom. The Morgan fingerprint density at radius 2 is 2.00 bits per heavy atom. The number of amides is 1. The van der Waals surface area contributed by atoms with E-state index in [-0.39, 0.29) is 12.1 Å². The minimum absolute atomic E-state index is 0.195. The summed E-state index contributed by atoms with van der Waals surface area (Å²) in [7, 11) is 0. The van der Waals surface area contributed by atoms with Gasteiger partial charge in [-0.1, -0.05) is 30.3 Å². The predicted molar refractivity (Wildman–Crippen MR) is 77.4 cm³/mol. The zero-order valence-corrected chi connectivity index (χ0v) is 12.4. The van der Waals surface area contributed by atoms with E-state index in [2.05, 4.69) is 5.32 Å². The molecule has 1 N–H and O–H groups in total. The van der Waals surface area contributed by atoms with E-state index in [0.717, 1.165) is 6.42 Å². The Morgan fingerprint density at radius 3 is 2.65 bits per heavy atom. The van der Waals surface area contributed by atoms with Gasteiger partial charge in [-0.2, -0.15) is 0 Å². The van der Waals surface area contributed by atoms with E-state index >= 15 is 0 Å². The van der Waals surface area contributed by atoms with Crippen molar-refractivity contribution < 1.29 is 14.3 Å². The first kappa shape index (κ1) is 14.9. The van der Waals surface area contributed by atoms with Gasteiger partial charge >= 0.3 is 6.09 Å².